The summed E-state index contributed by atoms with van der Waals surface area (Å²) in [5.41, 5.74) is 0. The van der Waals surface area contributed by atoms with Gasteiger partial charge in [0.15, 0.2) is 0 Å². The molecule has 0 aliphatic heterocycles. The van der Waals surface area contributed by atoms with Gasteiger partial charge in [-0.2, -0.15) is 0 Å². The minimum absolute atomic E-state index is 0.122. The molecule has 60 valence electrons. The molecule has 1 aliphatic rings. The van der Waals surface area contributed by atoms with Crippen LogP contribution in [0.2, 0.25) is 0 Å². The number of hydrogen-bond donors (Lipinski definition) is 1. The Hall–Kier alpha value is -0.180. The molecule has 0 amide bonds. The van der Waals surface area contributed by atoms with Crippen LogP contribution in [-0.2, 0) is 0 Å². The van der Waals surface area contributed by atoms with E-state index in [1.165, 1.54) is 0 Å². The first-order chi connectivity index (χ1) is 4.67. The van der Waals surface area contributed by atoms with Crippen LogP contribution < -0.4 is 5.32 Å². The lowest BCUT2D eigenvalue weighted by Gasteiger charge is -1.97. The Labute approximate surface area is 59.8 Å². The first-order valence-electron chi connectivity index (χ1n) is 3.69. The molecule has 10 heavy (non-hydrogen) atoms. The van der Waals surface area contributed by atoms with Crippen LogP contribution in [0.1, 0.15) is 19.3 Å². The minimum atomic E-state index is -2.31. The molecule has 0 bridgehead atoms. The number of halogens is 2. The zero-order valence-electron chi connectivity index (χ0n) is 6.16. The van der Waals surface area contributed by atoms with Gasteiger partial charge in [-0.05, 0) is 26.4 Å². The van der Waals surface area contributed by atoms with Crippen molar-refractivity contribution in [2.75, 3.05) is 13.6 Å². The summed E-state index contributed by atoms with van der Waals surface area (Å²) < 4.78 is 24.4. The Morgan fingerprint density at radius 3 is 2.60 bits per heavy atom. The van der Waals surface area contributed by atoms with Crippen molar-refractivity contribution in [3.8, 4) is 0 Å². The maximum Gasteiger partial charge on any atom is 0.251 e. The van der Waals surface area contributed by atoms with E-state index in [-0.39, 0.29) is 12.3 Å². The van der Waals surface area contributed by atoms with Crippen molar-refractivity contribution in [3.05, 3.63) is 0 Å². The molecule has 0 aromatic heterocycles. The lowest BCUT2D eigenvalue weighted by atomic mass is 10.2. The Kier molecular flexibility index (Phi) is 2.24. The van der Waals surface area contributed by atoms with Gasteiger partial charge in [-0.3, -0.25) is 0 Å². The Bertz CT molecular complexity index is 114. The largest absolute Gasteiger partial charge is 0.320 e. The molecule has 1 N–H and O–H groups in total. The summed E-state index contributed by atoms with van der Waals surface area (Å²) in [5.74, 6) is -2.62. The molecule has 0 spiro atoms. The lowest BCUT2D eigenvalue weighted by Crippen LogP contribution is -2.08. The zero-order valence-corrected chi connectivity index (χ0v) is 6.16. The standard InChI is InChI=1S/C7H13F2N/c1-10-4-2-3-6-5-7(6,8)9/h6,10H,2-5H2,1H3. The molecular weight excluding hydrogens is 136 g/mol. The molecule has 1 atom stereocenters. The predicted octanol–water partition coefficient (Wildman–Crippen LogP) is 1.64. The Morgan fingerprint density at radius 2 is 2.20 bits per heavy atom. The van der Waals surface area contributed by atoms with Gasteiger partial charge in [0.25, 0.3) is 5.92 Å². The van der Waals surface area contributed by atoms with Gasteiger partial charge < -0.3 is 5.32 Å². The highest BCUT2D eigenvalue weighted by Gasteiger charge is 2.55. The van der Waals surface area contributed by atoms with E-state index in [1.54, 1.807) is 0 Å². The summed E-state index contributed by atoms with van der Waals surface area (Å²) in [5, 5.41) is 2.93. The highest BCUT2D eigenvalue weighted by molar-refractivity contribution is 4.94. The fraction of sp³-hybridized carbons (Fsp3) is 1.00. The van der Waals surface area contributed by atoms with E-state index < -0.39 is 5.92 Å². The fourth-order valence-electron chi connectivity index (χ4n) is 1.11. The maximum absolute atomic E-state index is 12.2. The number of nitrogens with one attached hydrogen (secondary N) is 1. The number of hydrogen-bond acceptors (Lipinski definition) is 1. The summed E-state index contributed by atoms with van der Waals surface area (Å²) in [4.78, 5) is 0. The van der Waals surface area contributed by atoms with Gasteiger partial charge in [-0.25, -0.2) is 8.78 Å². The van der Waals surface area contributed by atoms with E-state index >= 15 is 0 Å². The third-order valence-corrected chi connectivity index (χ3v) is 1.94. The minimum Gasteiger partial charge on any atom is -0.320 e. The molecule has 0 heterocycles. The maximum atomic E-state index is 12.2. The van der Waals surface area contributed by atoms with Gasteiger partial charge in [0, 0.05) is 12.3 Å². The second-order valence-corrected chi connectivity index (χ2v) is 2.91. The molecule has 0 aromatic rings. The number of rotatable bonds is 4. The average Bonchev–Trinajstić information content (AvgIpc) is 2.41. The monoisotopic (exact) mass is 149 g/mol. The first-order valence-corrected chi connectivity index (χ1v) is 3.69. The van der Waals surface area contributed by atoms with Gasteiger partial charge in [0.1, 0.15) is 0 Å². The van der Waals surface area contributed by atoms with Crippen molar-refractivity contribution >= 4 is 0 Å². The van der Waals surface area contributed by atoms with Gasteiger partial charge in [-0.1, -0.05) is 0 Å². The van der Waals surface area contributed by atoms with E-state index in [9.17, 15) is 8.78 Å². The number of alkyl halides is 2. The first kappa shape index (κ1) is 7.92. The van der Waals surface area contributed by atoms with E-state index in [1.807, 2.05) is 7.05 Å². The quantitative estimate of drug-likeness (QED) is 0.599. The molecule has 1 fully saturated rings. The molecule has 1 rings (SSSR count). The van der Waals surface area contributed by atoms with Crippen LogP contribution in [0.4, 0.5) is 8.78 Å². The van der Waals surface area contributed by atoms with Crippen LogP contribution in [0, 0.1) is 5.92 Å². The molecular formula is C7H13F2N. The molecule has 1 saturated carbocycles. The average molecular weight is 149 g/mol. The molecule has 1 aliphatic carbocycles. The second kappa shape index (κ2) is 2.82. The van der Waals surface area contributed by atoms with E-state index in [0.29, 0.717) is 6.42 Å². The van der Waals surface area contributed by atoms with Crippen LogP contribution in [0.5, 0.6) is 0 Å². The van der Waals surface area contributed by atoms with Gasteiger partial charge in [0.2, 0.25) is 0 Å². The molecule has 1 nitrogen and oxygen atoms in total. The highest BCUT2D eigenvalue weighted by atomic mass is 19.3. The van der Waals surface area contributed by atoms with Crippen LogP contribution in [0.25, 0.3) is 0 Å². The lowest BCUT2D eigenvalue weighted by molar-refractivity contribution is 0.0966. The van der Waals surface area contributed by atoms with Crippen molar-refractivity contribution < 1.29 is 8.78 Å². The molecule has 0 radical (unpaired) electrons. The topological polar surface area (TPSA) is 12.0 Å². The van der Waals surface area contributed by atoms with Crippen molar-refractivity contribution in [3.63, 3.8) is 0 Å². The summed E-state index contributed by atoms with van der Waals surface area (Å²) in [6.45, 7) is 0.854. The SMILES string of the molecule is CNCCCC1CC1(F)F. The van der Waals surface area contributed by atoms with Crippen LogP contribution in [-0.4, -0.2) is 19.5 Å². The van der Waals surface area contributed by atoms with E-state index in [0.717, 1.165) is 13.0 Å². The zero-order chi connectivity index (χ0) is 7.61. The van der Waals surface area contributed by atoms with E-state index in [2.05, 4.69) is 5.32 Å². The van der Waals surface area contributed by atoms with Crippen LogP contribution in [0.15, 0.2) is 0 Å². The fourth-order valence-corrected chi connectivity index (χ4v) is 1.11. The normalized spacial score (nSPS) is 28.5. The van der Waals surface area contributed by atoms with Crippen molar-refractivity contribution in [2.24, 2.45) is 5.92 Å². The second-order valence-electron chi connectivity index (χ2n) is 2.91. The van der Waals surface area contributed by atoms with Gasteiger partial charge in [0.05, 0.1) is 0 Å². The van der Waals surface area contributed by atoms with Gasteiger partial charge >= 0.3 is 0 Å². The molecule has 1 unspecified atom stereocenters. The summed E-state index contributed by atoms with van der Waals surface area (Å²) >= 11 is 0. The summed E-state index contributed by atoms with van der Waals surface area (Å²) in [6, 6.07) is 0. The van der Waals surface area contributed by atoms with Crippen molar-refractivity contribution in [1.82, 2.24) is 5.32 Å². The van der Waals surface area contributed by atoms with Crippen LogP contribution in [0.3, 0.4) is 0 Å². The third-order valence-electron chi connectivity index (χ3n) is 1.94. The van der Waals surface area contributed by atoms with E-state index in [4.69, 9.17) is 0 Å². The summed E-state index contributed by atoms with van der Waals surface area (Å²) in [6.07, 6.45) is 1.67. The van der Waals surface area contributed by atoms with Crippen LogP contribution >= 0.6 is 0 Å². The van der Waals surface area contributed by atoms with Gasteiger partial charge in [-0.15, -0.1) is 0 Å². The molecule has 0 aromatic carbocycles. The summed E-state index contributed by atoms with van der Waals surface area (Å²) in [7, 11) is 1.84. The molecule has 3 heteroatoms. The molecule has 0 saturated heterocycles. The smallest absolute Gasteiger partial charge is 0.251 e. The van der Waals surface area contributed by atoms with Crippen molar-refractivity contribution in [2.45, 2.75) is 25.2 Å². The third kappa shape index (κ3) is 1.90. The highest BCUT2D eigenvalue weighted by Crippen LogP contribution is 2.50. The Morgan fingerprint density at radius 1 is 1.60 bits per heavy atom. The predicted molar refractivity (Wildman–Crippen MR) is 36.2 cm³/mol. The Balaban J connectivity index is 1.97. The van der Waals surface area contributed by atoms with Crippen molar-refractivity contribution in [1.29, 1.82) is 0 Å².